The van der Waals surface area contributed by atoms with Crippen molar-refractivity contribution in [2.45, 2.75) is 53.0 Å². The van der Waals surface area contributed by atoms with Crippen molar-refractivity contribution >= 4 is 6.16 Å². The highest BCUT2D eigenvalue weighted by molar-refractivity contribution is 5.47. The Hall–Kier alpha value is -2.57. The number of hydrogen-bond acceptors (Lipinski definition) is 5. The highest BCUT2D eigenvalue weighted by Crippen LogP contribution is 2.36. The Morgan fingerprint density at radius 2 is 1.41 bits per heavy atom. The van der Waals surface area contributed by atoms with Crippen LogP contribution < -0.4 is 14.9 Å². The van der Waals surface area contributed by atoms with E-state index in [2.05, 4.69) is 103 Å². The summed E-state index contributed by atoms with van der Waals surface area (Å²) in [5.41, 5.74) is 3.19. The molecule has 0 aromatic heterocycles. The Balaban J connectivity index is 0.00000133. The van der Waals surface area contributed by atoms with Crippen LogP contribution in [0.5, 0.6) is 5.75 Å². The first kappa shape index (κ1) is 29.5. The van der Waals surface area contributed by atoms with Crippen molar-refractivity contribution in [1.82, 2.24) is 0 Å². The molecular formula is C28H42NO5-. The maximum Gasteiger partial charge on any atom is 0.119 e. The summed E-state index contributed by atoms with van der Waals surface area (Å²) in [5.74, 6) is 0.911. The van der Waals surface area contributed by atoms with Gasteiger partial charge in [0.05, 0.1) is 27.3 Å². The molecule has 0 heterocycles. The molecule has 0 unspecified atom stereocenters. The Kier molecular flexibility index (Phi) is 11.6. The molecule has 6 nitrogen and oxygen atoms in total. The molecule has 0 radical (unpaired) electrons. The van der Waals surface area contributed by atoms with Gasteiger partial charge in [0.25, 0.3) is 0 Å². The average Bonchev–Trinajstić information content (AvgIpc) is 2.69. The lowest BCUT2D eigenvalue weighted by molar-refractivity contribution is -0.904. The van der Waals surface area contributed by atoms with E-state index in [4.69, 9.17) is 24.5 Å². The SMILES string of the molecule is CC(C)(C)CC(C)(C)c1ccc(OCCOCC[N+](C)(C)Cc2ccccc2)cc1.O=C([O-])[O-]. The molecular weight excluding hydrogens is 430 g/mol. The number of carbonyl (C=O) groups excluding carboxylic acids is 1. The Labute approximate surface area is 205 Å². The molecule has 0 N–H and O–H groups in total. The van der Waals surface area contributed by atoms with Crippen molar-refractivity contribution < 1.29 is 29.0 Å². The van der Waals surface area contributed by atoms with Crippen molar-refractivity contribution in [3.05, 3.63) is 65.7 Å². The summed E-state index contributed by atoms with van der Waals surface area (Å²) in [7, 11) is 4.49. The summed E-state index contributed by atoms with van der Waals surface area (Å²) in [6, 6.07) is 19.2. The van der Waals surface area contributed by atoms with Crippen LogP contribution in [0, 0.1) is 5.41 Å². The number of likely N-dealkylation sites (N-methyl/N-ethyl adjacent to an activating group) is 1. The molecule has 0 saturated carbocycles. The standard InChI is InChI=1S/C27H42NO2.CH2O3/c1-26(2,3)22-27(4,5)24-13-15-25(16-14-24)30-20-19-29-18-17-28(6,7)21-23-11-9-8-10-12-23;2-1(3)4/h8-16H,17-22H2,1-7H3;(H2,2,3,4)/q+1;/p-2. The quantitative estimate of drug-likeness (QED) is 0.368. The second kappa shape index (κ2) is 13.4. The second-order valence-electron chi connectivity index (χ2n) is 11.2. The number of carboxylic acid groups (broad SMARTS) is 2. The number of benzene rings is 2. The van der Waals surface area contributed by atoms with E-state index in [1.165, 1.54) is 11.1 Å². The summed E-state index contributed by atoms with van der Waals surface area (Å²) >= 11 is 0. The van der Waals surface area contributed by atoms with Crippen LogP contribution in [0.25, 0.3) is 0 Å². The molecule has 0 fully saturated rings. The molecule has 0 amide bonds. The van der Waals surface area contributed by atoms with Crippen LogP contribution in [0.3, 0.4) is 0 Å². The van der Waals surface area contributed by atoms with Crippen LogP contribution in [0.2, 0.25) is 0 Å². The van der Waals surface area contributed by atoms with Crippen molar-refractivity contribution in [3.63, 3.8) is 0 Å². The monoisotopic (exact) mass is 472 g/mol. The van der Waals surface area contributed by atoms with Crippen LogP contribution in [0.4, 0.5) is 4.79 Å². The minimum absolute atomic E-state index is 0.157. The van der Waals surface area contributed by atoms with Crippen LogP contribution in [0.1, 0.15) is 52.2 Å². The molecule has 2 aromatic rings. The second-order valence-corrected chi connectivity index (χ2v) is 11.2. The third kappa shape index (κ3) is 13.2. The van der Waals surface area contributed by atoms with E-state index in [1.54, 1.807) is 0 Å². The summed E-state index contributed by atoms with van der Waals surface area (Å²) in [6.07, 6.45) is -1.19. The van der Waals surface area contributed by atoms with E-state index in [9.17, 15) is 0 Å². The molecule has 0 spiro atoms. The Bertz CT molecular complexity index is 835. The van der Waals surface area contributed by atoms with Crippen LogP contribution in [-0.4, -0.2) is 51.1 Å². The maximum absolute atomic E-state index is 8.33. The van der Waals surface area contributed by atoms with Gasteiger partial charge in [-0.05, 0) is 41.1 Å². The van der Waals surface area contributed by atoms with Gasteiger partial charge in [-0.3, -0.25) is 0 Å². The van der Waals surface area contributed by atoms with Gasteiger partial charge >= 0.3 is 0 Å². The number of hydrogen-bond donors (Lipinski definition) is 0. The lowest BCUT2D eigenvalue weighted by Gasteiger charge is -2.33. The highest BCUT2D eigenvalue weighted by Gasteiger charge is 2.27. The molecule has 0 aliphatic heterocycles. The Morgan fingerprint density at radius 3 is 1.94 bits per heavy atom. The number of quaternary nitrogens is 1. The predicted molar refractivity (Wildman–Crippen MR) is 132 cm³/mol. The van der Waals surface area contributed by atoms with Crippen LogP contribution in [0.15, 0.2) is 54.6 Å². The molecule has 2 rings (SSSR count). The zero-order valence-corrected chi connectivity index (χ0v) is 21.9. The van der Waals surface area contributed by atoms with Crippen molar-refractivity contribution in [2.24, 2.45) is 5.41 Å². The summed E-state index contributed by atoms with van der Waals surface area (Å²) in [4.78, 5) is 8.33. The van der Waals surface area contributed by atoms with Gasteiger partial charge in [0.15, 0.2) is 0 Å². The van der Waals surface area contributed by atoms with Crippen LogP contribution >= 0.6 is 0 Å². The molecule has 190 valence electrons. The van der Waals surface area contributed by atoms with Crippen LogP contribution in [-0.2, 0) is 16.7 Å². The zero-order valence-electron chi connectivity index (χ0n) is 21.9. The van der Waals surface area contributed by atoms with E-state index >= 15 is 0 Å². The molecule has 0 aliphatic rings. The van der Waals surface area contributed by atoms with Crippen molar-refractivity contribution in [1.29, 1.82) is 0 Å². The van der Waals surface area contributed by atoms with Gasteiger partial charge in [-0.25, -0.2) is 0 Å². The van der Waals surface area contributed by atoms with Gasteiger partial charge in [0.1, 0.15) is 25.4 Å². The van der Waals surface area contributed by atoms with E-state index in [-0.39, 0.29) is 5.41 Å². The average molecular weight is 473 g/mol. The largest absolute Gasteiger partial charge is 0.652 e. The number of ether oxygens (including phenoxy) is 2. The first-order chi connectivity index (χ1) is 15.7. The topological polar surface area (TPSA) is 81.7 Å². The van der Waals surface area contributed by atoms with Gasteiger partial charge in [-0.2, -0.15) is 0 Å². The molecule has 0 bridgehead atoms. The first-order valence-electron chi connectivity index (χ1n) is 11.8. The third-order valence-corrected chi connectivity index (χ3v) is 5.40. The molecule has 0 aliphatic carbocycles. The molecule has 2 aromatic carbocycles. The van der Waals surface area contributed by atoms with E-state index < -0.39 is 6.16 Å². The van der Waals surface area contributed by atoms with Gasteiger partial charge in [-0.15, -0.1) is 0 Å². The van der Waals surface area contributed by atoms with Gasteiger partial charge in [0, 0.05) is 5.56 Å². The van der Waals surface area contributed by atoms with Gasteiger partial charge < -0.3 is 29.0 Å². The number of carbonyl (C=O) groups is 1. The van der Waals surface area contributed by atoms with E-state index in [0.717, 1.165) is 36.3 Å². The van der Waals surface area contributed by atoms with Crippen molar-refractivity contribution in [2.75, 3.05) is 40.5 Å². The van der Waals surface area contributed by atoms with Gasteiger partial charge in [0.2, 0.25) is 0 Å². The molecule has 6 heteroatoms. The Morgan fingerprint density at radius 1 is 0.853 bits per heavy atom. The fourth-order valence-electron chi connectivity index (χ4n) is 4.22. The number of rotatable bonds is 11. The van der Waals surface area contributed by atoms with E-state index in [1.807, 2.05) is 0 Å². The first-order valence-corrected chi connectivity index (χ1v) is 11.8. The summed E-state index contributed by atoms with van der Waals surface area (Å²) in [5, 5.41) is 16.7. The minimum atomic E-state index is -2.33. The molecule has 0 atom stereocenters. The minimum Gasteiger partial charge on any atom is -0.652 e. The predicted octanol–water partition coefficient (Wildman–Crippen LogP) is 3.63. The zero-order chi connectivity index (χ0) is 25.8. The molecule has 34 heavy (non-hydrogen) atoms. The molecule has 0 saturated heterocycles. The number of nitrogens with zero attached hydrogens (tertiary/aromatic N) is 1. The fourth-order valence-corrected chi connectivity index (χ4v) is 4.22. The summed E-state index contributed by atoms with van der Waals surface area (Å²) in [6.45, 7) is 15.5. The maximum atomic E-state index is 8.33. The summed E-state index contributed by atoms with van der Waals surface area (Å²) < 4.78 is 12.6. The van der Waals surface area contributed by atoms with E-state index in [0.29, 0.717) is 18.6 Å². The normalized spacial score (nSPS) is 12.0. The van der Waals surface area contributed by atoms with Crippen molar-refractivity contribution in [3.8, 4) is 5.75 Å². The smallest absolute Gasteiger partial charge is 0.119 e. The fraction of sp³-hybridized carbons (Fsp3) is 0.536. The highest BCUT2D eigenvalue weighted by atomic mass is 16.6. The van der Waals surface area contributed by atoms with Gasteiger partial charge in [-0.1, -0.05) is 77.1 Å². The lowest BCUT2D eigenvalue weighted by Crippen LogP contribution is -2.41. The third-order valence-electron chi connectivity index (χ3n) is 5.40. The lowest BCUT2D eigenvalue weighted by atomic mass is 9.72.